The number of piperidine rings is 1. The van der Waals surface area contributed by atoms with Crippen molar-refractivity contribution < 1.29 is 5.11 Å². The van der Waals surface area contributed by atoms with Gasteiger partial charge in [0, 0.05) is 23.2 Å². The predicted octanol–water partition coefficient (Wildman–Crippen LogP) is 3.65. The Bertz CT molecular complexity index is 636. The van der Waals surface area contributed by atoms with E-state index in [1.807, 2.05) is 36.5 Å². The first-order valence-electron chi connectivity index (χ1n) is 8.93. The Morgan fingerprint density at radius 2 is 1.88 bits per heavy atom. The molecule has 4 heteroatoms. The Labute approximate surface area is 144 Å². The standard InChI is InChI=1S/C20H29N3O/c1-20(2,3)19-17(13-21-22-19)14-23-11-9-16(10-12-23)18(24)15-7-5-4-6-8-15/h4-8,13,16,18,24H,9-12,14H2,1-3H3,(H,21,22). The van der Waals surface area contributed by atoms with Crippen molar-refractivity contribution in [2.24, 2.45) is 5.92 Å². The summed E-state index contributed by atoms with van der Waals surface area (Å²) in [5.41, 5.74) is 3.66. The van der Waals surface area contributed by atoms with E-state index in [0.717, 1.165) is 38.0 Å². The molecule has 1 fully saturated rings. The number of hydrogen-bond acceptors (Lipinski definition) is 3. The van der Waals surface area contributed by atoms with Gasteiger partial charge in [0.25, 0.3) is 0 Å². The zero-order valence-electron chi connectivity index (χ0n) is 15.0. The number of rotatable bonds is 4. The molecule has 1 unspecified atom stereocenters. The van der Waals surface area contributed by atoms with E-state index in [-0.39, 0.29) is 11.5 Å². The van der Waals surface area contributed by atoms with Crippen molar-refractivity contribution in [1.82, 2.24) is 15.1 Å². The normalized spacial score (nSPS) is 18.7. The first-order valence-corrected chi connectivity index (χ1v) is 8.93. The SMILES string of the molecule is CC(C)(C)c1[nH]ncc1CN1CCC(C(O)c2ccccc2)CC1. The van der Waals surface area contributed by atoms with Crippen molar-refractivity contribution in [3.8, 4) is 0 Å². The van der Waals surface area contributed by atoms with Crippen LogP contribution in [0.2, 0.25) is 0 Å². The van der Waals surface area contributed by atoms with Crippen molar-refractivity contribution >= 4 is 0 Å². The number of likely N-dealkylation sites (tertiary alicyclic amines) is 1. The molecule has 0 amide bonds. The second-order valence-corrected chi connectivity index (χ2v) is 7.99. The molecule has 2 heterocycles. The van der Waals surface area contributed by atoms with Crippen LogP contribution in [0.4, 0.5) is 0 Å². The van der Waals surface area contributed by atoms with E-state index in [2.05, 4.69) is 35.9 Å². The van der Waals surface area contributed by atoms with Gasteiger partial charge in [0.2, 0.25) is 0 Å². The molecule has 1 aliphatic rings. The van der Waals surface area contributed by atoms with Crippen molar-refractivity contribution in [2.45, 2.75) is 51.7 Å². The Morgan fingerprint density at radius 3 is 2.50 bits per heavy atom. The highest BCUT2D eigenvalue weighted by Crippen LogP contribution is 2.32. The number of aliphatic hydroxyl groups is 1. The quantitative estimate of drug-likeness (QED) is 0.901. The molecule has 24 heavy (non-hydrogen) atoms. The summed E-state index contributed by atoms with van der Waals surface area (Å²) >= 11 is 0. The van der Waals surface area contributed by atoms with Crippen LogP contribution in [0.1, 0.15) is 56.5 Å². The lowest BCUT2D eigenvalue weighted by atomic mass is 9.86. The molecular weight excluding hydrogens is 298 g/mol. The number of hydrogen-bond donors (Lipinski definition) is 2. The number of aromatic nitrogens is 2. The van der Waals surface area contributed by atoms with E-state index in [1.54, 1.807) is 0 Å². The molecule has 1 aliphatic heterocycles. The van der Waals surface area contributed by atoms with Gasteiger partial charge in [0.15, 0.2) is 0 Å². The number of benzene rings is 1. The van der Waals surface area contributed by atoms with Gasteiger partial charge >= 0.3 is 0 Å². The minimum Gasteiger partial charge on any atom is -0.388 e. The van der Waals surface area contributed by atoms with Crippen LogP contribution < -0.4 is 0 Å². The van der Waals surface area contributed by atoms with Crippen molar-refractivity contribution in [2.75, 3.05) is 13.1 Å². The second-order valence-electron chi connectivity index (χ2n) is 7.99. The third-order valence-corrected chi connectivity index (χ3v) is 5.08. The topological polar surface area (TPSA) is 52.2 Å². The molecule has 0 aliphatic carbocycles. The Hall–Kier alpha value is -1.65. The number of aliphatic hydroxyl groups excluding tert-OH is 1. The highest BCUT2D eigenvalue weighted by molar-refractivity contribution is 5.23. The molecule has 3 rings (SSSR count). The first-order chi connectivity index (χ1) is 11.4. The van der Waals surface area contributed by atoms with Crippen LogP contribution in [0.3, 0.4) is 0 Å². The Kier molecular flexibility index (Phi) is 5.07. The van der Waals surface area contributed by atoms with Crippen LogP contribution >= 0.6 is 0 Å². The maximum Gasteiger partial charge on any atom is 0.0819 e. The molecule has 130 valence electrons. The lowest BCUT2D eigenvalue weighted by Gasteiger charge is -2.34. The van der Waals surface area contributed by atoms with Crippen molar-refractivity contribution in [1.29, 1.82) is 0 Å². The molecule has 0 radical (unpaired) electrons. The number of aromatic amines is 1. The van der Waals surface area contributed by atoms with Crippen LogP contribution in [0, 0.1) is 5.92 Å². The summed E-state index contributed by atoms with van der Waals surface area (Å²) < 4.78 is 0. The third kappa shape index (κ3) is 3.87. The average Bonchev–Trinajstić information content (AvgIpc) is 3.04. The lowest BCUT2D eigenvalue weighted by Crippen LogP contribution is -2.35. The molecule has 2 N–H and O–H groups in total. The molecule has 4 nitrogen and oxygen atoms in total. The number of nitrogens with one attached hydrogen (secondary N) is 1. The summed E-state index contributed by atoms with van der Waals surface area (Å²) in [7, 11) is 0. The molecule has 0 spiro atoms. The van der Waals surface area contributed by atoms with Gasteiger partial charge in [-0.15, -0.1) is 0 Å². The van der Waals surface area contributed by atoms with Crippen LogP contribution in [0.25, 0.3) is 0 Å². The van der Waals surface area contributed by atoms with E-state index in [0.29, 0.717) is 5.92 Å². The zero-order chi connectivity index (χ0) is 17.2. The van der Waals surface area contributed by atoms with Gasteiger partial charge in [0.1, 0.15) is 0 Å². The minimum atomic E-state index is -0.340. The molecule has 1 aromatic heterocycles. The van der Waals surface area contributed by atoms with E-state index < -0.39 is 0 Å². The minimum absolute atomic E-state index is 0.0909. The van der Waals surface area contributed by atoms with Crippen LogP contribution in [-0.4, -0.2) is 33.3 Å². The Morgan fingerprint density at radius 1 is 1.21 bits per heavy atom. The van der Waals surface area contributed by atoms with Crippen LogP contribution in [0.5, 0.6) is 0 Å². The molecule has 1 aromatic carbocycles. The van der Waals surface area contributed by atoms with Gasteiger partial charge in [-0.25, -0.2) is 0 Å². The zero-order valence-corrected chi connectivity index (χ0v) is 15.0. The summed E-state index contributed by atoms with van der Waals surface area (Å²) in [5.74, 6) is 0.357. The summed E-state index contributed by atoms with van der Waals surface area (Å²) in [4.78, 5) is 2.48. The summed E-state index contributed by atoms with van der Waals surface area (Å²) in [5, 5.41) is 18.0. The lowest BCUT2D eigenvalue weighted by molar-refractivity contribution is 0.0566. The third-order valence-electron chi connectivity index (χ3n) is 5.08. The van der Waals surface area contributed by atoms with Gasteiger partial charge < -0.3 is 5.11 Å². The number of nitrogens with zero attached hydrogens (tertiary/aromatic N) is 2. The monoisotopic (exact) mass is 327 g/mol. The molecule has 2 aromatic rings. The van der Waals surface area contributed by atoms with Crippen molar-refractivity contribution in [3.05, 3.63) is 53.3 Å². The maximum atomic E-state index is 10.6. The van der Waals surface area contributed by atoms with Crippen LogP contribution in [-0.2, 0) is 12.0 Å². The molecule has 0 bridgehead atoms. The van der Waals surface area contributed by atoms with Crippen LogP contribution in [0.15, 0.2) is 36.5 Å². The average molecular weight is 327 g/mol. The smallest absolute Gasteiger partial charge is 0.0819 e. The summed E-state index contributed by atoms with van der Waals surface area (Å²) in [6, 6.07) is 10.0. The van der Waals surface area contributed by atoms with Gasteiger partial charge in [0.05, 0.1) is 12.3 Å². The van der Waals surface area contributed by atoms with Gasteiger partial charge in [-0.05, 0) is 37.4 Å². The van der Waals surface area contributed by atoms with Crippen molar-refractivity contribution in [3.63, 3.8) is 0 Å². The molecule has 1 saturated heterocycles. The van der Waals surface area contributed by atoms with Gasteiger partial charge in [-0.3, -0.25) is 10.00 Å². The maximum absolute atomic E-state index is 10.6. The highest BCUT2D eigenvalue weighted by Gasteiger charge is 2.27. The second kappa shape index (κ2) is 7.08. The first kappa shape index (κ1) is 17.2. The van der Waals surface area contributed by atoms with E-state index in [4.69, 9.17) is 0 Å². The fraction of sp³-hybridized carbons (Fsp3) is 0.550. The Balaban J connectivity index is 1.57. The summed E-state index contributed by atoms with van der Waals surface area (Å²) in [6.45, 7) is 9.65. The predicted molar refractivity (Wildman–Crippen MR) is 96.7 cm³/mol. The molecular formula is C20H29N3O. The largest absolute Gasteiger partial charge is 0.388 e. The molecule has 1 atom stereocenters. The highest BCUT2D eigenvalue weighted by atomic mass is 16.3. The molecule has 0 saturated carbocycles. The summed E-state index contributed by atoms with van der Waals surface area (Å²) in [6.07, 6.45) is 3.70. The van der Waals surface area contributed by atoms with E-state index in [9.17, 15) is 5.11 Å². The fourth-order valence-electron chi connectivity index (χ4n) is 3.67. The number of H-pyrrole nitrogens is 1. The van der Waals surface area contributed by atoms with Gasteiger partial charge in [-0.1, -0.05) is 51.1 Å². The van der Waals surface area contributed by atoms with E-state index in [1.165, 1.54) is 11.3 Å². The fourth-order valence-corrected chi connectivity index (χ4v) is 3.67. The van der Waals surface area contributed by atoms with Gasteiger partial charge in [-0.2, -0.15) is 5.10 Å². The van der Waals surface area contributed by atoms with E-state index >= 15 is 0 Å².